The molecule has 0 aliphatic heterocycles. The maximum Gasteiger partial charge on any atom is 0.253 e. The number of benzene rings is 2. The molecule has 0 bridgehead atoms. The van der Waals surface area contributed by atoms with Crippen LogP contribution in [-0.2, 0) is 4.79 Å². The van der Waals surface area contributed by atoms with Gasteiger partial charge in [0.2, 0.25) is 5.91 Å². The summed E-state index contributed by atoms with van der Waals surface area (Å²) in [5.41, 5.74) is 2.21. The third-order valence-corrected chi connectivity index (χ3v) is 3.88. The zero-order valence-corrected chi connectivity index (χ0v) is 14.5. The summed E-state index contributed by atoms with van der Waals surface area (Å²) in [5.74, 6) is -0.318. The molecule has 4 nitrogen and oxygen atoms in total. The Balaban J connectivity index is 2.18. The zero-order valence-electron chi connectivity index (χ0n) is 14.5. The molecular formula is C20H24N2O2. The highest BCUT2D eigenvalue weighted by Crippen LogP contribution is 2.23. The van der Waals surface area contributed by atoms with Gasteiger partial charge in [0.1, 0.15) is 0 Å². The van der Waals surface area contributed by atoms with Gasteiger partial charge in [-0.05, 0) is 30.2 Å². The standard InChI is InChI=1S/C20H24N2O2/c1-4-9-18(15-10-6-5-7-11-15)19(23)21-17-13-8-12-16(14-17)20(24)22(2)3/h5-8,10-14,18H,4,9H2,1-3H3,(H,21,23)/t18-/m1/s1. The van der Waals surface area contributed by atoms with Crippen LogP contribution in [0.2, 0.25) is 0 Å². The smallest absolute Gasteiger partial charge is 0.253 e. The Bertz CT molecular complexity index is 696. The molecule has 0 aliphatic rings. The Hall–Kier alpha value is -2.62. The van der Waals surface area contributed by atoms with Gasteiger partial charge in [0.15, 0.2) is 0 Å². The topological polar surface area (TPSA) is 49.4 Å². The molecule has 1 atom stereocenters. The third-order valence-electron chi connectivity index (χ3n) is 3.88. The van der Waals surface area contributed by atoms with Gasteiger partial charge >= 0.3 is 0 Å². The predicted molar refractivity (Wildman–Crippen MR) is 97.2 cm³/mol. The van der Waals surface area contributed by atoms with Crippen molar-refractivity contribution in [3.8, 4) is 0 Å². The minimum absolute atomic E-state index is 0.0440. The fourth-order valence-electron chi connectivity index (χ4n) is 2.64. The number of anilines is 1. The molecule has 24 heavy (non-hydrogen) atoms. The second-order valence-electron chi connectivity index (χ2n) is 6.02. The summed E-state index contributed by atoms with van der Waals surface area (Å²) in [5, 5.41) is 2.95. The SMILES string of the molecule is CCC[C@@H](C(=O)Nc1cccc(C(=O)N(C)C)c1)c1ccccc1. The maximum atomic E-state index is 12.7. The first-order valence-corrected chi connectivity index (χ1v) is 8.20. The first-order valence-electron chi connectivity index (χ1n) is 8.20. The van der Waals surface area contributed by atoms with Gasteiger partial charge in [-0.15, -0.1) is 0 Å². The average molecular weight is 324 g/mol. The van der Waals surface area contributed by atoms with Gasteiger partial charge in [0.25, 0.3) is 5.91 Å². The number of carbonyl (C=O) groups excluding carboxylic acids is 2. The molecule has 0 aromatic heterocycles. The van der Waals surface area contributed by atoms with Crippen LogP contribution in [0.1, 0.15) is 41.6 Å². The first-order chi connectivity index (χ1) is 11.5. The van der Waals surface area contributed by atoms with Crippen molar-refractivity contribution in [1.29, 1.82) is 0 Å². The quantitative estimate of drug-likeness (QED) is 0.876. The first kappa shape index (κ1) is 17.7. The maximum absolute atomic E-state index is 12.7. The number of carbonyl (C=O) groups is 2. The van der Waals surface area contributed by atoms with Gasteiger partial charge < -0.3 is 10.2 Å². The Morgan fingerprint density at radius 3 is 2.38 bits per heavy atom. The lowest BCUT2D eigenvalue weighted by Crippen LogP contribution is -2.23. The number of amides is 2. The summed E-state index contributed by atoms with van der Waals surface area (Å²) in [7, 11) is 3.42. The van der Waals surface area contributed by atoms with E-state index in [1.807, 2.05) is 30.3 Å². The Kier molecular flexibility index (Phi) is 6.13. The molecule has 4 heteroatoms. The molecular weight excluding hydrogens is 300 g/mol. The third kappa shape index (κ3) is 4.44. The van der Waals surface area contributed by atoms with Crippen LogP contribution < -0.4 is 5.32 Å². The fraction of sp³-hybridized carbons (Fsp3) is 0.300. The van der Waals surface area contributed by atoms with E-state index >= 15 is 0 Å². The molecule has 0 spiro atoms. The van der Waals surface area contributed by atoms with Crippen LogP contribution in [0.25, 0.3) is 0 Å². The van der Waals surface area contributed by atoms with Crippen molar-refractivity contribution in [2.75, 3.05) is 19.4 Å². The van der Waals surface area contributed by atoms with E-state index in [4.69, 9.17) is 0 Å². The highest BCUT2D eigenvalue weighted by molar-refractivity contribution is 5.98. The lowest BCUT2D eigenvalue weighted by molar-refractivity contribution is -0.117. The second kappa shape index (κ2) is 8.29. The van der Waals surface area contributed by atoms with Crippen molar-refractivity contribution < 1.29 is 9.59 Å². The average Bonchev–Trinajstić information content (AvgIpc) is 2.59. The van der Waals surface area contributed by atoms with Crippen LogP contribution in [0.4, 0.5) is 5.69 Å². The molecule has 0 saturated carbocycles. The van der Waals surface area contributed by atoms with Crippen LogP contribution in [0.5, 0.6) is 0 Å². The molecule has 2 aromatic carbocycles. The van der Waals surface area contributed by atoms with E-state index in [1.165, 1.54) is 4.90 Å². The number of nitrogens with one attached hydrogen (secondary N) is 1. The molecule has 1 N–H and O–H groups in total. The monoisotopic (exact) mass is 324 g/mol. The largest absolute Gasteiger partial charge is 0.345 e. The van der Waals surface area contributed by atoms with Gasteiger partial charge in [-0.1, -0.05) is 49.7 Å². The Morgan fingerprint density at radius 2 is 1.75 bits per heavy atom. The van der Waals surface area contributed by atoms with Crippen LogP contribution in [0.15, 0.2) is 54.6 Å². The van der Waals surface area contributed by atoms with Crippen molar-refractivity contribution >= 4 is 17.5 Å². The zero-order chi connectivity index (χ0) is 17.5. The van der Waals surface area contributed by atoms with Gasteiger partial charge in [-0.25, -0.2) is 0 Å². The van der Waals surface area contributed by atoms with Gasteiger partial charge in [-0.2, -0.15) is 0 Å². The lowest BCUT2D eigenvalue weighted by atomic mass is 9.93. The molecule has 2 aromatic rings. The summed E-state index contributed by atoms with van der Waals surface area (Å²) in [6.07, 6.45) is 1.71. The highest BCUT2D eigenvalue weighted by atomic mass is 16.2. The van der Waals surface area contributed by atoms with Gasteiger partial charge in [-0.3, -0.25) is 9.59 Å². The highest BCUT2D eigenvalue weighted by Gasteiger charge is 2.20. The summed E-state index contributed by atoms with van der Waals surface area (Å²) in [4.78, 5) is 26.3. The molecule has 126 valence electrons. The summed E-state index contributed by atoms with van der Waals surface area (Å²) < 4.78 is 0. The van der Waals surface area contributed by atoms with Crippen LogP contribution >= 0.6 is 0 Å². The summed E-state index contributed by atoms with van der Waals surface area (Å²) in [6.45, 7) is 2.07. The number of hydrogen-bond donors (Lipinski definition) is 1. The molecule has 0 saturated heterocycles. The molecule has 0 heterocycles. The molecule has 0 fully saturated rings. The predicted octanol–water partition coefficient (Wildman–Crippen LogP) is 3.91. The normalized spacial score (nSPS) is 11.6. The Morgan fingerprint density at radius 1 is 1.04 bits per heavy atom. The second-order valence-corrected chi connectivity index (χ2v) is 6.02. The summed E-state index contributed by atoms with van der Waals surface area (Å²) in [6, 6.07) is 16.8. The Labute approximate surface area is 143 Å². The van der Waals surface area contributed by atoms with E-state index in [0.717, 1.165) is 18.4 Å². The number of nitrogens with zero attached hydrogens (tertiary/aromatic N) is 1. The molecule has 2 amide bonds. The van der Waals surface area contributed by atoms with E-state index in [-0.39, 0.29) is 17.7 Å². The summed E-state index contributed by atoms with van der Waals surface area (Å²) >= 11 is 0. The van der Waals surface area contributed by atoms with Gasteiger partial charge in [0.05, 0.1) is 5.92 Å². The van der Waals surface area contributed by atoms with E-state index < -0.39 is 0 Å². The lowest BCUT2D eigenvalue weighted by Gasteiger charge is -2.17. The van der Waals surface area contributed by atoms with Crippen LogP contribution in [0.3, 0.4) is 0 Å². The van der Waals surface area contributed by atoms with Crippen molar-refractivity contribution in [1.82, 2.24) is 4.90 Å². The van der Waals surface area contributed by atoms with E-state index in [0.29, 0.717) is 11.3 Å². The van der Waals surface area contributed by atoms with E-state index in [2.05, 4.69) is 12.2 Å². The van der Waals surface area contributed by atoms with E-state index in [1.54, 1.807) is 38.4 Å². The molecule has 0 unspecified atom stereocenters. The minimum atomic E-state index is -0.190. The number of rotatable bonds is 6. The molecule has 0 aliphatic carbocycles. The van der Waals surface area contributed by atoms with Crippen molar-refractivity contribution in [2.24, 2.45) is 0 Å². The molecule has 2 rings (SSSR count). The minimum Gasteiger partial charge on any atom is -0.345 e. The van der Waals surface area contributed by atoms with Crippen molar-refractivity contribution in [3.05, 3.63) is 65.7 Å². The van der Waals surface area contributed by atoms with Crippen LogP contribution in [-0.4, -0.2) is 30.8 Å². The van der Waals surface area contributed by atoms with E-state index in [9.17, 15) is 9.59 Å². The van der Waals surface area contributed by atoms with Gasteiger partial charge in [0, 0.05) is 25.3 Å². The van der Waals surface area contributed by atoms with Crippen molar-refractivity contribution in [2.45, 2.75) is 25.7 Å². The molecule has 0 radical (unpaired) electrons. The van der Waals surface area contributed by atoms with Crippen molar-refractivity contribution in [3.63, 3.8) is 0 Å². The fourth-order valence-corrected chi connectivity index (χ4v) is 2.64. The number of hydrogen-bond acceptors (Lipinski definition) is 2. The van der Waals surface area contributed by atoms with Crippen LogP contribution in [0, 0.1) is 0 Å².